The molecule has 0 aliphatic heterocycles. The van der Waals surface area contributed by atoms with E-state index >= 15 is 0 Å². The SMILES string of the molecule is Ic1ccc(-c2nc(-c3cccc(-c4ccccc4)c3)nc(-c3cccc(-c4ccccc4)c3)n2)cc1. The lowest BCUT2D eigenvalue weighted by atomic mass is 10.0. The van der Waals surface area contributed by atoms with Gasteiger partial charge in [0, 0.05) is 20.3 Å². The molecule has 0 unspecified atom stereocenters. The molecule has 1 heterocycles. The Bertz CT molecular complexity index is 1560. The van der Waals surface area contributed by atoms with Crippen LogP contribution in [0.25, 0.3) is 56.4 Å². The summed E-state index contributed by atoms with van der Waals surface area (Å²) in [5, 5.41) is 0. The second kappa shape index (κ2) is 10.4. The lowest BCUT2D eigenvalue weighted by Gasteiger charge is -2.10. The zero-order chi connectivity index (χ0) is 25.0. The quantitative estimate of drug-likeness (QED) is 0.189. The molecule has 1 aromatic heterocycles. The molecule has 37 heavy (non-hydrogen) atoms. The minimum atomic E-state index is 0.654. The Morgan fingerprint density at radius 3 is 1.16 bits per heavy atom. The zero-order valence-electron chi connectivity index (χ0n) is 19.9. The van der Waals surface area contributed by atoms with Crippen LogP contribution >= 0.6 is 22.6 Å². The van der Waals surface area contributed by atoms with Gasteiger partial charge in [-0.2, -0.15) is 0 Å². The van der Waals surface area contributed by atoms with E-state index in [0.29, 0.717) is 17.5 Å². The molecule has 176 valence electrons. The molecule has 6 rings (SSSR count). The Kier molecular flexibility index (Phi) is 6.57. The van der Waals surface area contributed by atoms with Crippen molar-refractivity contribution in [1.29, 1.82) is 0 Å². The van der Waals surface area contributed by atoms with E-state index in [0.717, 1.165) is 38.9 Å². The van der Waals surface area contributed by atoms with Crippen molar-refractivity contribution in [1.82, 2.24) is 15.0 Å². The van der Waals surface area contributed by atoms with E-state index in [9.17, 15) is 0 Å². The first-order valence-electron chi connectivity index (χ1n) is 12.1. The van der Waals surface area contributed by atoms with Crippen molar-refractivity contribution in [3.63, 3.8) is 0 Å². The van der Waals surface area contributed by atoms with Gasteiger partial charge >= 0.3 is 0 Å². The van der Waals surface area contributed by atoms with E-state index in [1.165, 1.54) is 3.57 Å². The number of benzene rings is 5. The molecule has 0 aliphatic rings. The first-order chi connectivity index (χ1) is 18.2. The van der Waals surface area contributed by atoms with Gasteiger partial charge in [0.05, 0.1) is 0 Å². The molecule has 4 heteroatoms. The van der Waals surface area contributed by atoms with E-state index in [1.807, 2.05) is 12.1 Å². The average Bonchev–Trinajstić information content (AvgIpc) is 2.98. The summed E-state index contributed by atoms with van der Waals surface area (Å²) < 4.78 is 1.17. The van der Waals surface area contributed by atoms with Crippen molar-refractivity contribution in [2.75, 3.05) is 0 Å². The van der Waals surface area contributed by atoms with Gasteiger partial charge in [0.2, 0.25) is 0 Å². The molecule has 6 aromatic rings. The largest absolute Gasteiger partial charge is 0.208 e. The van der Waals surface area contributed by atoms with Crippen LogP contribution < -0.4 is 0 Å². The topological polar surface area (TPSA) is 38.7 Å². The predicted octanol–water partition coefficient (Wildman–Crippen LogP) is 8.81. The third-order valence-electron chi connectivity index (χ3n) is 6.19. The van der Waals surface area contributed by atoms with Crippen molar-refractivity contribution in [3.8, 4) is 56.4 Å². The predicted molar refractivity (Wildman–Crippen MR) is 160 cm³/mol. The molecule has 0 saturated carbocycles. The van der Waals surface area contributed by atoms with Crippen LogP contribution in [0.2, 0.25) is 0 Å². The number of rotatable bonds is 5. The zero-order valence-corrected chi connectivity index (χ0v) is 22.1. The first-order valence-corrected chi connectivity index (χ1v) is 13.1. The molecule has 0 saturated heterocycles. The molecule has 0 spiro atoms. The highest BCUT2D eigenvalue weighted by molar-refractivity contribution is 14.1. The lowest BCUT2D eigenvalue weighted by molar-refractivity contribution is 1.07. The first kappa shape index (κ1) is 23.3. The number of aromatic nitrogens is 3. The molecule has 0 amide bonds. The lowest BCUT2D eigenvalue weighted by Crippen LogP contribution is -2.00. The van der Waals surface area contributed by atoms with Crippen LogP contribution in [0.4, 0.5) is 0 Å². The van der Waals surface area contributed by atoms with Crippen LogP contribution in [0.3, 0.4) is 0 Å². The Balaban J connectivity index is 1.50. The minimum absolute atomic E-state index is 0.654. The summed E-state index contributed by atoms with van der Waals surface area (Å²) in [6.07, 6.45) is 0. The Morgan fingerprint density at radius 2 is 0.703 bits per heavy atom. The average molecular weight is 587 g/mol. The summed E-state index contributed by atoms with van der Waals surface area (Å²) in [6.45, 7) is 0. The summed E-state index contributed by atoms with van der Waals surface area (Å²) in [5.74, 6) is 1.97. The van der Waals surface area contributed by atoms with Gasteiger partial charge in [0.15, 0.2) is 17.5 Å². The Morgan fingerprint density at radius 1 is 0.324 bits per heavy atom. The van der Waals surface area contributed by atoms with Crippen molar-refractivity contribution in [3.05, 3.63) is 137 Å². The fourth-order valence-corrected chi connectivity index (χ4v) is 4.66. The number of halogens is 1. The van der Waals surface area contributed by atoms with Gasteiger partial charge in [-0.25, -0.2) is 15.0 Å². The monoisotopic (exact) mass is 587 g/mol. The van der Waals surface area contributed by atoms with Gasteiger partial charge < -0.3 is 0 Å². The molecule has 0 N–H and O–H groups in total. The van der Waals surface area contributed by atoms with Crippen LogP contribution in [-0.2, 0) is 0 Å². The van der Waals surface area contributed by atoms with Gasteiger partial charge in [-0.3, -0.25) is 0 Å². The van der Waals surface area contributed by atoms with Crippen molar-refractivity contribution < 1.29 is 0 Å². The van der Waals surface area contributed by atoms with E-state index in [1.54, 1.807) is 0 Å². The van der Waals surface area contributed by atoms with Gasteiger partial charge in [-0.1, -0.05) is 109 Å². The standard InChI is InChI=1S/C33H22IN3/c34-30-19-17-25(18-20-30)31-35-32(28-15-7-13-26(21-28)23-9-3-1-4-10-23)37-33(36-31)29-16-8-14-27(22-29)24-11-5-2-6-12-24/h1-22H. The summed E-state index contributed by atoms with van der Waals surface area (Å²) in [6, 6.07) is 45.8. The summed E-state index contributed by atoms with van der Waals surface area (Å²) in [4.78, 5) is 14.8. The van der Waals surface area contributed by atoms with Crippen LogP contribution in [0.1, 0.15) is 0 Å². The highest BCUT2D eigenvalue weighted by Crippen LogP contribution is 2.30. The fourth-order valence-electron chi connectivity index (χ4n) is 4.30. The van der Waals surface area contributed by atoms with Gasteiger partial charge in [0.1, 0.15) is 0 Å². The van der Waals surface area contributed by atoms with Crippen LogP contribution in [0.5, 0.6) is 0 Å². The third-order valence-corrected chi connectivity index (χ3v) is 6.91. The third kappa shape index (κ3) is 5.20. The molecule has 0 bridgehead atoms. The second-order valence-electron chi connectivity index (χ2n) is 8.71. The van der Waals surface area contributed by atoms with Crippen LogP contribution in [0, 0.1) is 3.57 Å². The van der Waals surface area contributed by atoms with Crippen molar-refractivity contribution in [2.24, 2.45) is 0 Å². The number of nitrogens with zero attached hydrogens (tertiary/aromatic N) is 3. The van der Waals surface area contributed by atoms with E-state index in [4.69, 9.17) is 15.0 Å². The normalized spacial score (nSPS) is 10.8. The van der Waals surface area contributed by atoms with Crippen LogP contribution in [0.15, 0.2) is 133 Å². The van der Waals surface area contributed by atoms with Gasteiger partial charge in [0.25, 0.3) is 0 Å². The Hall–Kier alpha value is -4.16. The Labute approximate surface area is 230 Å². The maximum atomic E-state index is 4.96. The van der Waals surface area contributed by atoms with Gasteiger partial charge in [-0.05, 0) is 69.1 Å². The molecular formula is C33H22IN3. The molecule has 0 aliphatic carbocycles. The van der Waals surface area contributed by atoms with Gasteiger partial charge in [-0.15, -0.1) is 0 Å². The summed E-state index contributed by atoms with van der Waals surface area (Å²) >= 11 is 2.31. The maximum Gasteiger partial charge on any atom is 0.164 e. The van der Waals surface area contributed by atoms with Crippen molar-refractivity contribution in [2.45, 2.75) is 0 Å². The fraction of sp³-hybridized carbons (Fsp3) is 0. The molecule has 0 fully saturated rings. The molecule has 5 aromatic carbocycles. The van der Waals surface area contributed by atoms with Crippen molar-refractivity contribution >= 4 is 22.6 Å². The van der Waals surface area contributed by atoms with E-state index < -0.39 is 0 Å². The highest BCUT2D eigenvalue weighted by Gasteiger charge is 2.13. The number of hydrogen-bond donors (Lipinski definition) is 0. The molecule has 0 atom stereocenters. The summed E-state index contributed by atoms with van der Waals surface area (Å²) in [7, 11) is 0. The molecule has 0 radical (unpaired) electrons. The number of hydrogen-bond acceptors (Lipinski definition) is 3. The summed E-state index contributed by atoms with van der Waals surface area (Å²) in [5.41, 5.74) is 7.44. The minimum Gasteiger partial charge on any atom is -0.208 e. The smallest absolute Gasteiger partial charge is 0.164 e. The maximum absolute atomic E-state index is 4.96. The second-order valence-corrected chi connectivity index (χ2v) is 9.95. The molecule has 3 nitrogen and oxygen atoms in total. The van der Waals surface area contributed by atoms with Crippen LogP contribution in [-0.4, -0.2) is 15.0 Å². The molecular weight excluding hydrogens is 565 g/mol. The van der Waals surface area contributed by atoms with E-state index in [-0.39, 0.29) is 0 Å². The van der Waals surface area contributed by atoms with E-state index in [2.05, 4.69) is 144 Å². The highest BCUT2D eigenvalue weighted by atomic mass is 127.